The summed E-state index contributed by atoms with van der Waals surface area (Å²) in [7, 11) is 0. The summed E-state index contributed by atoms with van der Waals surface area (Å²) in [5, 5.41) is 14.8. The van der Waals surface area contributed by atoms with Crippen LogP contribution < -0.4 is 4.74 Å². The fourth-order valence-electron chi connectivity index (χ4n) is 4.09. The molecule has 2 heterocycles. The number of hydrogen-bond donors (Lipinski definition) is 2. The van der Waals surface area contributed by atoms with Gasteiger partial charge in [-0.05, 0) is 41.5 Å². The number of carbonyl (C=O) groups excluding carboxylic acids is 1. The smallest absolute Gasteiger partial charge is 0.414 e. The lowest BCUT2D eigenvalue weighted by atomic mass is 9.86. The Balaban J connectivity index is 0.000000509. The van der Waals surface area contributed by atoms with Gasteiger partial charge >= 0.3 is 17.9 Å². The Morgan fingerprint density at radius 1 is 0.943 bits per heavy atom. The van der Waals surface area contributed by atoms with Crippen LogP contribution in [0.15, 0.2) is 54.1 Å². The molecule has 0 saturated carbocycles. The molecular weight excluding hydrogens is 450 g/mol. The zero-order chi connectivity index (χ0) is 25.4. The van der Waals surface area contributed by atoms with Crippen LogP contribution in [-0.2, 0) is 25.7 Å². The van der Waals surface area contributed by atoms with Gasteiger partial charge in [-0.3, -0.25) is 9.69 Å². The van der Waals surface area contributed by atoms with E-state index in [2.05, 4.69) is 61.2 Å². The number of nitrogens with zero attached hydrogens (tertiary/aromatic N) is 1. The molecule has 0 radical (unpaired) electrons. The van der Waals surface area contributed by atoms with E-state index in [-0.39, 0.29) is 5.97 Å². The summed E-state index contributed by atoms with van der Waals surface area (Å²) >= 11 is 0. The molecule has 0 atom stereocenters. The average molecular weight is 482 g/mol. The van der Waals surface area contributed by atoms with Crippen molar-refractivity contribution < 1.29 is 34.1 Å². The van der Waals surface area contributed by atoms with E-state index in [1.165, 1.54) is 27.8 Å². The van der Waals surface area contributed by atoms with Crippen molar-refractivity contribution in [2.75, 3.05) is 26.2 Å². The summed E-state index contributed by atoms with van der Waals surface area (Å²) in [4.78, 5) is 32.5. The number of fused-ring (bicyclic) bond motifs is 2. The van der Waals surface area contributed by atoms with E-state index in [0.29, 0.717) is 25.7 Å². The van der Waals surface area contributed by atoms with Gasteiger partial charge in [0.2, 0.25) is 0 Å². The second kappa shape index (κ2) is 12.2. The fourth-order valence-corrected chi connectivity index (χ4v) is 4.09. The third-order valence-electron chi connectivity index (χ3n) is 5.75. The zero-order valence-electron chi connectivity index (χ0n) is 20.0. The van der Waals surface area contributed by atoms with Crippen molar-refractivity contribution in [2.24, 2.45) is 5.92 Å². The van der Waals surface area contributed by atoms with Gasteiger partial charge < -0.3 is 19.7 Å². The summed E-state index contributed by atoms with van der Waals surface area (Å²) in [5.41, 5.74) is 6.44. The van der Waals surface area contributed by atoms with Gasteiger partial charge in [-0.25, -0.2) is 9.59 Å². The van der Waals surface area contributed by atoms with Gasteiger partial charge in [0.25, 0.3) is 0 Å². The van der Waals surface area contributed by atoms with Crippen molar-refractivity contribution in [3.63, 3.8) is 0 Å². The highest BCUT2D eigenvalue weighted by molar-refractivity contribution is 6.27. The SMILES string of the molecule is CC(C)COC(=O)CN1CCC(=C2c3ccccc3COc3ccccc32)CC1.O=C(O)C(=O)O. The van der Waals surface area contributed by atoms with Crippen LogP contribution in [-0.4, -0.2) is 59.3 Å². The molecule has 35 heavy (non-hydrogen) atoms. The standard InChI is InChI=1S/C25H29NO3.C2H2O4/c1-18(2)16-29-24(27)15-26-13-11-19(12-14-26)25-21-8-4-3-7-20(21)17-28-23-10-6-5-9-22(23)25;3-1(4)2(5)6/h3-10,18H,11-17H2,1-2H3;(H,3,4)(H,5,6). The Morgan fingerprint density at radius 2 is 1.54 bits per heavy atom. The summed E-state index contributed by atoms with van der Waals surface area (Å²) < 4.78 is 11.5. The van der Waals surface area contributed by atoms with E-state index in [1.54, 1.807) is 0 Å². The van der Waals surface area contributed by atoms with Crippen molar-refractivity contribution in [3.05, 3.63) is 70.8 Å². The Morgan fingerprint density at radius 3 is 2.17 bits per heavy atom. The number of benzene rings is 2. The Hall–Kier alpha value is -3.65. The van der Waals surface area contributed by atoms with Crippen LogP contribution in [0.1, 0.15) is 43.4 Å². The molecule has 1 fully saturated rings. The molecule has 186 valence electrons. The molecule has 0 aliphatic carbocycles. The number of carbonyl (C=O) groups is 3. The largest absolute Gasteiger partial charge is 0.488 e. The van der Waals surface area contributed by atoms with Crippen LogP contribution in [0.25, 0.3) is 5.57 Å². The molecular formula is C27H31NO7. The fraction of sp³-hybridized carbons (Fsp3) is 0.370. The number of aliphatic carboxylic acids is 2. The maximum Gasteiger partial charge on any atom is 0.414 e. The zero-order valence-corrected chi connectivity index (χ0v) is 20.0. The molecule has 0 unspecified atom stereocenters. The maximum atomic E-state index is 12.1. The number of piperidine rings is 1. The van der Waals surface area contributed by atoms with Crippen molar-refractivity contribution in [1.82, 2.24) is 4.90 Å². The van der Waals surface area contributed by atoms with Gasteiger partial charge in [0.1, 0.15) is 12.4 Å². The number of rotatable bonds is 4. The second-order valence-electron chi connectivity index (χ2n) is 8.88. The van der Waals surface area contributed by atoms with E-state index in [9.17, 15) is 4.79 Å². The molecule has 0 spiro atoms. The Labute approximate surface area is 204 Å². The first-order valence-corrected chi connectivity index (χ1v) is 11.6. The molecule has 0 amide bonds. The summed E-state index contributed by atoms with van der Waals surface area (Å²) in [6.45, 7) is 7.33. The van der Waals surface area contributed by atoms with Crippen LogP contribution in [0, 0.1) is 5.92 Å². The molecule has 2 aromatic rings. The van der Waals surface area contributed by atoms with Gasteiger partial charge in [0.15, 0.2) is 0 Å². The topological polar surface area (TPSA) is 113 Å². The van der Waals surface area contributed by atoms with Gasteiger partial charge in [0, 0.05) is 18.7 Å². The summed E-state index contributed by atoms with van der Waals surface area (Å²) in [5.74, 6) is -2.45. The third-order valence-corrected chi connectivity index (χ3v) is 5.75. The van der Waals surface area contributed by atoms with Gasteiger partial charge in [0.05, 0.1) is 13.2 Å². The number of para-hydroxylation sites is 1. The molecule has 2 N–H and O–H groups in total. The molecule has 8 nitrogen and oxygen atoms in total. The van der Waals surface area contributed by atoms with Crippen molar-refractivity contribution in [1.29, 1.82) is 0 Å². The average Bonchev–Trinajstić information content (AvgIpc) is 3.01. The number of ether oxygens (including phenoxy) is 2. The molecule has 0 bridgehead atoms. The number of hydrogen-bond acceptors (Lipinski definition) is 6. The highest BCUT2D eigenvalue weighted by atomic mass is 16.5. The lowest BCUT2D eigenvalue weighted by Crippen LogP contribution is -2.36. The predicted molar refractivity (Wildman–Crippen MR) is 130 cm³/mol. The minimum Gasteiger partial charge on any atom is -0.488 e. The third kappa shape index (κ3) is 7.16. The van der Waals surface area contributed by atoms with Crippen LogP contribution in [0.5, 0.6) is 5.75 Å². The number of carboxylic acid groups (broad SMARTS) is 2. The van der Waals surface area contributed by atoms with Crippen molar-refractivity contribution in [3.8, 4) is 5.75 Å². The normalized spacial score (nSPS) is 15.1. The molecule has 8 heteroatoms. The highest BCUT2D eigenvalue weighted by Gasteiger charge is 2.25. The summed E-state index contributed by atoms with van der Waals surface area (Å²) in [6.07, 6.45) is 1.91. The monoisotopic (exact) mass is 481 g/mol. The second-order valence-corrected chi connectivity index (χ2v) is 8.88. The maximum absolute atomic E-state index is 12.1. The number of likely N-dealkylation sites (tertiary alicyclic amines) is 1. The van der Waals surface area contributed by atoms with Crippen molar-refractivity contribution in [2.45, 2.75) is 33.3 Å². The predicted octanol–water partition coefficient (Wildman–Crippen LogP) is 3.83. The minimum atomic E-state index is -1.82. The quantitative estimate of drug-likeness (QED) is 0.500. The minimum absolute atomic E-state index is 0.117. The Kier molecular flexibility index (Phi) is 9.03. The van der Waals surface area contributed by atoms with E-state index in [4.69, 9.17) is 29.3 Å². The van der Waals surface area contributed by atoms with Crippen LogP contribution in [0.2, 0.25) is 0 Å². The first-order valence-electron chi connectivity index (χ1n) is 11.6. The molecule has 2 aliphatic rings. The highest BCUT2D eigenvalue weighted by Crippen LogP contribution is 2.40. The Bertz CT molecular complexity index is 1030. The van der Waals surface area contributed by atoms with Gasteiger partial charge in [-0.1, -0.05) is 61.9 Å². The van der Waals surface area contributed by atoms with Gasteiger partial charge in [-0.2, -0.15) is 0 Å². The lowest BCUT2D eigenvalue weighted by Gasteiger charge is -2.29. The van der Waals surface area contributed by atoms with E-state index in [1.807, 2.05) is 6.07 Å². The van der Waals surface area contributed by atoms with Crippen molar-refractivity contribution >= 4 is 23.5 Å². The molecule has 2 aliphatic heterocycles. The molecule has 4 rings (SSSR count). The van der Waals surface area contributed by atoms with Crippen LogP contribution in [0.4, 0.5) is 0 Å². The lowest BCUT2D eigenvalue weighted by molar-refractivity contribution is -0.159. The number of esters is 1. The molecule has 1 saturated heterocycles. The number of carboxylic acids is 2. The van der Waals surface area contributed by atoms with E-state index in [0.717, 1.165) is 31.7 Å². The molecule has 2 aromatic carbocycles. The van der Waals surface area contributed by atoms with E-state index < -0.39 is 11.9 Å². The first kappa shape index (κ1) is 26.0. The van der Waals surface area contributed by atoms with E-state index >= 15 is 0 Å². The first-order chi connectivity index (χ1) is 16.8. The van der Waals surface area contributed by atoms with Crippen LogP contribution in [0.3, 0.4) is 0 Å². The molecule has 0 aromatic heterocycles. The summed E-state index contributed by atoms with van der Waals surface area (Å²) in [6, 6.07) is 16.9. The van der Waals surface area contributed by atoms with Gasteiger partial charge in [-0.15, -0.1) is 0 Å². The van der Waals surface area contributed by atoms with Crippen LogP contribution >= 0.6 is 0 Å².